The Balaban J connectivity index is 1.85. The molecule has 0 spiro atoms. The average Bonchev–Trinajstić information content (AvgIpc) is 3.06. The minimum Gasteiger partial charge on any atom is -0.347 e. The van der Waals surface area contributed by atoms with Gasteiger partial charge in [-0.05, 0) is 46.5 Å². The van der Waals surface area contributed by atoms with Crippen LogP contribution in [0.25, 0.3) is 0 Å². The fourth-order valence-electron chi connectivity index (χ4n) is 3.46. The number of carbonyl (C=O) groups is 2. The van der Waals surface area contributed by atoms with Crippen molar-refractivity contribution in [1.29, 1.82) is 0 Å². The van der Waals surface area contributed by atoms with Crippen LogP contribution < -0.4 is 10.6 Å². The number of imidazole rings is 1. The maximum Gasteiger partial charge on any atom is 0.287 e. The van der Waals surface area contributed by atoms with Gasteiger partial charge >= 0.3 is 0 Å². The minimum absolute atomic E-state index is 0.0356. The van der Waals surface area contributed by atoms with E-state index in [4.69, 9.17) is 0 Å². The summed E-state index contributed by atoms with van der Waals surface area (Å²) < 4.78 is 25.0. The van der Waals surface area contributed by atoms with Gasteiger partial charge in [0.05, 0.1) is 17.2 Å². The van der Waals surface area contributed by atoms with Gasteiger partial charge in [0.15, 0.2) is 15.7 Å². The lowest BCUT2D eigenvalue weighted by molar-refractivity contribution is 0.0903. The van der Waals surface area contributed by atoms with E-state index in [1.165, 1.54) is 0 Å². The normalized spacial score (nSPS) is 21.9. The second kappa shape index (κ2) is 6.68. The third-order valence-corrected chi connectivity index (χ3v) is 6.36. The van der Waals surface area contributed by atoms with Crippen molar-refractivity contribution in [2.24, 2.45) is 0 Å². The summed E-state index contributed by atoms with van der Waals surface area (Å²) in [6.07, 6.45) is 2.97. The van der Waals surface area contributed by atoms with E-state index in [1.807, 2.05) is 25.3 Å². The number of nitrogens with one attached hydrogen (secondary N) is 2. The van der Waals surface area contributed by atoms with E-state index in [9.17, 15) is 18.0 Å². The largest absolute Gasteiger partial charge is 0.347 e. The van der Waals surface area contributed by atoms with Crippen molar-refractivity contribution < 1.29 is 18.0 Å². The van der Waals surface area contributed by atoms with E-state index in [1.54, 1.807) is 0 Å². The van der Waals surface area contributed by atoms with Crippen molar-refractivity contribution >= 4 is 21.7 Å². The van der Waals surface area contributed by atoms with E-state index in [0.29, 0.717) is 19.4 Å². The SMILES string of the molecule is CC(C)(C)NC(=O)c1nc(C(=O)NC2CCS(=O)(=O)C2)c2n1CCCC2. The van der Waals surface area contributed by atoms with Crippen molar-refractivity contribution in [1.82, 2.24) is 20.2 Å². The van der Waals surface area contributed by atoms with Gasteiger partial charge in [0, 0.05) is 18.1 Å². The fourth-order valence-corrected chi connectivity index (χ4v) is 5.13. The molecular formula is C17H26N4O4S. The Morgan fingerprint density at radius 1 is 1.19 bits per heavy atom. The summed E-state index contributed by atoms with van der Waals surface area (Å²) in [5.74, 6) is -0.389. The molecule has 2 amide bonds. The van der Waals surface area contributed by atoms with Crippen LogP contribution in [0, 0.1) is 0 Å². The topological polar surface area (TPSA) is 110 Å². The maximum atomic E-state index is 12.7. The zero-order valence-electron chi connectivity index (χ0n) is 15.5. The molecule has 3 heterocycles. The van der Waals surface area contributed by atoms with Crippen molar-refractivity contribution in [2.45, 2.75) is 64.6 Å². The quantitative estimate of drug-likeness (QED) is 0.798. The van der Waals surface area contributed by atoms with Crippen LogP contribution >= 0.6 is 0 Å². The Morgan fingerprint density at radius 2 is 1.92 bits per heavy atom. The first-order valence-electron chi connectivity index (χ1n) is 8.99. The standard InChI is InChI=1S/C17H26N4O4S/c1-17(2,3)20-16(23)14-19-13(12-6-4-5-8-21(12)14)15(22)18-11-7-9-26(24,25)10-11/h11H,4-10H2,1-3H3,(H,18,22)(H,20,23). The molecule has 2 aliphatic heterocycles. The molecule has 1 saturated heterocycles. The number of nitrogens with zero attached hydrogens (tertiary/aromatic N) is 2. The lowest BCUT2D eigenvalue weighted by atomic mass is 10.1. The molecule has 0 radical (unpaired) electrons. The molecule has 1 fully saturated rings. The smallest absolute Gasteiger partial charge is 0.287 e. The van der Waals surface area contributed by atoms with E-state index in [0.717, 1.165) is 18.5 Å². The highest BCUT2D eigenvalue weighted by Gasteiger charge is 2.33. The Hall–Kier alpha value is -1.90. The van der Waals surface area contributed by atoms with Gasteiger partial charge in [-0.15, -0.1) is 0 Å². The monoisotopic (exact) mass is 382 g/mol. The predicted molar refractivity (Wildman–Crippen MR) is 96.9 cm³/mol. The lowest BCUT2D eigenvalue weighted by Gasteiger charge is -2.22. The van der Waals surface area contributed by atoms with Crippen LogP contribution in [0.5, 0.6) is 0 Å². The van der Waals surface area contributed by atoms with Crippen molar-refractivity contribution in [3.63, 3.8) is 0 Å². The molecule has 1 atom stereocenters. The molecule has 2 N–H and O–H groups in total. The molecule has 0 saturated carbocycles. The average molecular weight is 382 g/mol. The van der Waals surface area contributed by atoms with Crippen LogP contribution in [0.1, 0.15) is 66.8 Å². The molecule has 0 aliphatic carbocycles. The van der Waals surface area contributed by atoms with Crippen LogP contribution in [-0.2, 0) is 22.8 Å². The summed E-state index contributed by atoms with van der Waals surface area (Å²) in [6, 6.07) is -0.389. The Bertz CT molecular complexity index is 836. The summed E-state index contributed by atoms with van der Waals surface area (Å²) in [5.41, 5.74) is 0.598. The van der Waals surface area contributed by atoms with Crippen LogP contribution in [0.4, 0.5) is 0 Å². The van der Waals surface area contributed by atoms with Gasteiger partial charge in [-0.1, -0.05) is 0 Å². The summed E-state index contributed by atoms with van der Waals surface area (Å²) in [4.78, 5) is 29.6. The van der Waals surface area contributed by atoms with Crippen molar-refractivity contribution in [3.8, 4) is 0 Å². The number of sulfone groups is 1. The molecule has 144 valence electrons. The molecular weight excluding hydrogens is 356 g/mol. The molecule has 9 heteroatoms. The van der Waals surface area contributed by atoms with E-state index < -0.39 is 21.3 Å². The zero-order valence-corrected chi connectivity index (χ0v) is 16.3. The molecule has 1 aromatic heterocycles. The number of carbonyl (C=O) groups excluding carboxylic acids is 2. The van der Waals surface area contributed by atoms with Crippen LogP contribution in [-0.4, -0.2) is 52.9 Å². The number of hydrogen-bond donors (Lipinski definition) is 2. The molecule has 0 aromatic carbocycles. The Labute approximate surface area is 153 Å². The highest BCUT2D eigenvalue weighted by molar-refractivity contribution is 7.91. The molecule has 3 rings (SSSR count). The van der Waals surface area contributed by atoms with Crippen molar-refractivity contribution in [2.75, 3.05) is 11.5 Å². The fraction of sp³-hybridized carbons (Fsp3) is 0.706. The zero-order chi connectivity index (χ0) is 19.1. The number of rotatable bonds is 3. The number of aromatic nitrogens is 2. The van der Waals surface area contributed by atoms with Gasteiger partial charge in [-0.3, -0.25) is 9.59 Å². The van der Waals surface area contributed by atoms with Gasteiger partial charge in [-0.25, -0.2) is 13.4 Å². The van der Waals surface area contributed by atoms with Crippen LogP contribution in [0.2, 0.25) is 0 Å². The third-order valence-electron chi connectivity index (χ3n) is 4.59. The van der Waals surface area contributed by atoms with Gasteiger partial charge in [0.25, 0.3) is 11.8 Å². The first-order valence-corrected chi connectivity index (χ1v) is 10.8. The van der Waals surface area contributed by atoms with Gasteiger partial charge < -0.3 is 15.2 Å². The van der Waals surface area contributed by atoms with E-state index in [-0.39, 0.29) is 35.0 Å². The Kier molecular flexibility index (Phi) is 4.85. The van der Waals surface area contributed by atoms with Gasteiger partial charge in [0.2, 0.25) is 0 Å². The van der Waals surface area contributed by atoms with E-state index in [2.05, 4.69) is 15.6 Å². The molecule has 0 bridgehead atoms. The molecule has 26 heavy (non-hydrogen) atoms. The van der Waals surface area contributed by atoms with Gasteiger partial charge in [-0.2, -0.15) is 0 Å². The molecule has 1 unspecified atom stereocenters. The number of amides is 2. The first-order chi connectivity index (χ1) is 12.1. The summed E-state index contributed by atoms with van der Waals surface area (Å²) in [6.45, 7) is 6.32. The van der Waals surface area contributed by atoms with Gasteiger partial charge in [0.1, 0.15) is 5.69 Å². The number of hydrogen-bond acceptors (Lipinski definition) is 5. The van der Waals surface area contributed by atoms with Crippen LogP contribution in [0.15, 0.2) is 0 Å². The second-order valence-corrected chi connectivity index (χ2v) is 10.3. The highest BCUT2D eigenvalue weighted by Crippen LogP contribution is 2.22. The third kappa shape index (κ3) is 4.08. The molecule has 8 nitrogen and oxygen atoms in total. The maximum absolute atomic E-state index is 12.7. The van der Waals surface area contributed by atoms with E-state index >= 15 is 0 Å². The van der Waals surface area contributed by atoms with Crippen molar-refractivity contribution in [3.05, 3.63) is 17.2 Å². The first kappa shape index (κ1) is 18.9. The second-order valence-electron chi connectivity index (χ2n) is 8.12. The minimum atomic E-state index is -3.07. The highest BCUT2D eigenvalue weighted by atomic mass is 32.2. The summed E-state index contributed by atoms with van der Waals surface area (Å²) in [5, 5.41) is 5.66. The summed E-state index contributed by atoms with van der Waals surface area (Å²) >= 11 is 0. The van der Waals surface area contributed by atoms with Crippen LogP contribution in [0.3, 0.4) is 0 Å². The number of fused-ring (bicyclic) bond motifs is 1. The summed E-state index contributed by atoms with van der Waals surface area (Å²) in [7, 11) is -3.07. The lowest BCUT2D eigenvalue weighted by Crippen LogP contribution is -2.42. The predicted octanol–water partition coefficient (Wildman–Crippen LogP) is 0.665. The molecule has 2 aliphatic rings. The molecule has 1 aromatic rings. The Morgan fingerprint density at radius 3 is 2.54 bits per heavy atom.